The second-order valence-electron chi connectivity index (χ2n) is 3.48. The van der Waals surface area contributed by atoms with Crippen LogP contribution in [0.5, 0.6) is 11.6 Å². The van der Waals surface area contributed by atoms with E-state index in [0.717, 1.165) is 18.3 Å². The third kappa shape index (κ3) is 2.43. The van der Waals surface area contributed by atoms with E-state index in [9.17, 15) is 13.2 Å². The molecule has 0 saturated heterocycles. The highest BCUT2D eigenvalue weighted by Gasteiger charge is 2.13. The van der Waals surface area contributed by atoms with Gasteiger partial charge in [0.05, 0.1) is 6.20 Å². The summed E-state index contributed by atoms with van der Waals surface area (Å²) in [5.74, 6) is -3.13. The number of pyridine rings is 1. The second kappa shape index (κ2) is 5.05. The number of rotatable bonds is 3. The van der Waals surface area contributed by atoms with E-state index in [1.165, 1.54) is 12.1 Å². The van der Waals surface area contributed by atoms with Crippen molar-refractivity contribution in [3.8, 4) is 11.6 Å². The molecule has 1 heterocycles. The first kappa shape index (κ1) is 12.4. The molecule has 1 aromatic carbocycles. The highest BCUT2D eigenvalue weighted by atomic mass is 19.2. The summed E-state index contributed by atoms with van der Waals surface area (Å²) in [4.78, 5) is 3.65. The lowest BCUT2D eigenvalue weighted by Crippen LogP contribution is -2.03. The van der Waals surface area contributed by atoms with Gasteiger partial charge in [-0.15, -0.1) is 0 Å². The predicted octanol–water partition coefficient (Wildman–Crippen LogP) is 2.75. The minimum absolute atomic E-state index is 0.0307. The summed E-state index contributed by atoms with van der Waals surface area (Å²) in [5, 5.41) is 0. The van der Waals surface area contributed by atoms with Crippen molar-refractivity contribution in [1.29, 1.82) is 0 Å². The Kier molecular flexibility index (Phi) is 3.47. The fourth-order valence-corrected chi connectivity index (χ4v) is 1.37. The summed E-state index contributed by atoms with van der Waals surface area (Å²) in [6.45, 7) is -0.0307. The fraction of sp³-hybridized carbons (Fsp3) is 0.0833. The van der Waals surface area contributed by atoms with Gasteiger partial charge in [0.25, 0.3) is 0 Å². The van der Waals surface area contributed by atoms with Gasteiger partial charge in [-0.25, -0.2) is 13.8 Å². The molecule has 0 unspecified atom stereocenters. The topological polar surface area (TPSA) is 48.1 Å². The molecule has 3 nitrogen and oxygen atoms in total. The molecular weight excluding hydrogens is 245 g/mol. The van der Waals surface area contributed by atoms with Crippen molar-refractivity contribution in [3.05, 3.63) is 53.5 Å². The summed E-state index contributed by atoms with van der Waals surface area (Å²) < 4.78 is 44.3. The fourth-order valence-electron chi connectivity index (χ4n) is 1.37. The zero-order chi connectivity index (χ0) is 13.1. The van der Waals surface area contributed by atoms with E-state index < -0.39 is 17.5 Å². The van der Waals surface area contributed by atoms with Crippen LogP contribution in [0.25, 0.3) is 0 Å². The van der Waals surface area contributed by atoms with Crippen LogP contribution in [0, 0.1) is 17.5 Å². The van der Waals surface area contributed by atoms with E-state index in [1.807, 2.05) is 0 Å². The van der Waals surface area contributed by atoms with E-state index in [1.54, 1.807) is 0 Å². The molecule has 1 aromatic heterocycles. The molecular formula is C12H9F3N2O. The molecule has 0 radical (unpaired) electrons. The molecule has 2 rings (SSSR count). The Labute approximate surface area is 101 Å². The largest absolute Gasteiger partial charge is 0.435 e. The molecule has 0 atom stereocenters. The zero-order valence-corrected chi connectivity index (χ0v) is 9.16. The predicted molar refractivity (Wildman–Crippen MR) is 58.5 cm³/mol. The van der Waals surface area contributed by atoms with Crippen LogP contribution in [0.2, 0.25) is 0 Å². The van der Waals surface area contributed by atoms with Crippen molar-refractivity contribution in [2.75, 3.05) is 0 Å². The first-order valence-electron chi connectivity index (χ1n) is 5.08. The maximum absolute atomic E-state index is 13.4. The van der Waals surface area contributed by atoms with E-state index in [4.69, 9.17) is 10.5 Å². The Bertz CT molecular complexity index is 575. The Balaban J connectivity index is 2.37. The molecule has 2 N–H and O–H groups in total. The molecule has 6 heteroatoms. The lowest BCUT2D eigenvalue weighted by molar-refractivity contribution is 0.400. The van der Waals surface area contributed by atoms with E-state index in [-0.39, 0.29) is 23.7 Å². The summed E-state index contributed by atoms with van der Waals surface area (Å²) in [7, 11) is 0. The monoisotopic (exact) mass is 254 g/mol. The third-order valence-corrected chi connectivity index (χ3v) is 2.23. The number of ether oxygens (including phenoxy) is 1. The molecule has 0 aliphatic heterocycles. The molecule has 0 fully saturated rings. The molecule has 0 bridgehead atoms. The summed E-state index contributed by atoms with van der Waals surface area (Å²) in [5.41, 5.74) is 5.65. The van der Waals surface area contributed by atoms with Gasteiger partial charge in [-0.05, 0) is 18.2 Å². The highest BCUT2D eigenvalue weighted by Crippen LogP contribution is 2.26. The zero-order valence-electron chi connectivity index (χ0n) is 9.16. The SMILES string of the molecule is NCc1cc(F)cnc1Oc1cccc(F)c1F. The van der Waals surface area contributed by atoms with Crippen LogP contribution in [0.15, 0.2) is 30.5 Å². The number of benzene rings is 1. The second-order valence-corrected chi connectivity index (χ2v) is 3.48. The van der Waals surface area contributed by atoms with Crippen molar-refractivity contribution in [3.63, 3.8) is 0 Å². The molecule has 0 aliphatic rings. The summed E-state index contributed by atoms with van der Waals surface area (Å²) in [6, 6.07) is 4.62. The van der Waals surface area contributed by atoms with E-state index in [2.05, 4.69) is 4.98 Å². The van der Waals surface area contributed by atoms with Crippen LogP contribution in [-0.4, -0.2) is 4.98 Å². The van der Waals surface area contributed by atoms with Crippen LogP contribution in [0.3, 0.4) is 0 Å². The van der Waals surface area contributed by atoms with Crippen LogP contribution in [0.1, 0.15) is 5.56 Å². The number of aromatic nitrogens is 1. The van der Waals surface area contributed by atoms with Crippen molar-refractivity contribution in [2.45, 2.75) is 6.54 Å². The van der Waals surface area contributed by atoms with Gasteiger partial charge in [0.1, 0.15) is 5.82 Å². The Hall–Kier alpha value is -2.08. The Morgan fingerprint density at radius 2 is 2.00 bits per heavy atom. The molecule has 0 amide bonds. The summed E-state index contributed by atoms with van der Waals surface area (Å²) >= 11 is 0. The quantitative estimate of drug-likeness (QED) is 0.916. The molecule has 0 aliphatic carbocycles. The van der Waals surface area contributed by atoms with Gasteiger partial charge in [-0.2, -0.15) is 4.39 Å². The number of hydrogen-bond acceptors (Lipinski definition) is 3. The van der Waals surface area contributed by atoms with Crippen LogP contribution in [-0.2, 0) is 6.54 Å². The van der Waals surface area contributed by atoms with Crippen LogP contribution >= 0.6 is 0 Å². The first-order chi connectivity index (χ1) is 8.61. The minimum Gasteiger partial charge on any atom is -0.435 e. The molecule has 94 valence electrons. The van der Waals surface area contributed by atoms with Crippen molar-refractivity contribution >= 4 is 0 Å². The van der Waals surface area contributed by atoms with Gasteiger partial charge >= 0.3 is 0 Å². The van der Waals surface area contributed by atoms with Crippen LogP contribution in [0.4, 0.5) is 13.2 Å². The van der Waals surface area contributed by atoms with Crippen LogP contribution < -0.4 is 10.5 Å². The highest BCUT2D eigenvalue weighted by molar-refractivity contribution is 5.33. The first-order valence-corrected chi connectivity index (χ1v) is 5.08. The normalized spacial score (nSPS) is 10.4. The number of halogens is 3. The average Bonchev–Trinajstić information content (AvgIpc) is 2.37. The third-order valence-electron chi connectivity index (χ3n) is 2.23. The average molecular weight is 254 g/mol. The van der Waals surface area contributed by atoms with Gasteiger partial charge in [0.15, 0.2) is 11.6 Å². The van der Waals surface area contributed by atoms with Crippen molar-refractivity contribution in [1.82, 2.24) is 4.98 Å². The maximum Gasteiger partial charge on any atom is 0.224 e. The summed E-state index contributed by atoms with van der Waals surface area (Å²) in [6.07, 6.45) is 0.908. The smallest absolute Gasteiger partial charge is 0.224 e. The lowest BCUT2D eigenvalue weighted by atomic mass is 10.2. The van der Waals surface area contributed by atoms with Gasteiger partial charge in [-0.3, -0.25) is 0 Å². The minimum atomic E-state index is -1.13. The van der Waals surface area contributed by atoms with Crippen molar-refractivity contribution < 1.29 is 17.9 Å². The van der Waals surface area contributed by atoms with E-state index in [0.29, 0.717) is 0 Å². The maximum atomic E-state index is 13.4. The number of hydrogen-bond donors (Lipinski definition) is 1. The number of nitrogens with two attached hydrogens (primary N) is 1. The molecule has 0 spiro atoms. The number of nitrogens with zero attached hydrogens (tertiary/aromatic N) is 1. The van der Waals surface area contributed by atoms with Gasteiger partial charge < -0.3 is 10.5 Å². The van der Waals surface area contributed by atoms with E-state index >= 15 is 0 Å². The molecule has 18 heavy (non-hydrogen) atoms. The lowest BCUT2D eigenvalue weighted by Gasteiger charge is -2.09. The van der Waals surface area contributed by atoms with Gasteiger partial charge in [-0.1, -0.05) is 6.07 Å². The van der Waals surface area contributed by atoms with Gasteiger partial charge in [0.2, 0.25) is 11.7 Å². The Morgan fingerprint density at radius 3 is 2.72 bits per heavy atom. The van der Waals surface area contributed by atoms with Gasteiger partial charge in [0, 0.05) is 12.1 Å². The van der Waals surface area contributed by atoms with Crippen molar-refractivity contribution in [2.24, 2.45) is 5.73 Å². The molecule has 0 saturated carbocycles. The molecule has 2 aromatic rings. The standard InChI is InChI=1S/C12H9F3N2O/c13-8-4-7(5-16)12(17-6-8)18-10-3-1-2-9(14)11(10)15/h1-4,6H,5,16H2. The Morgan fingerprint density at radius 1 is 1.22 bits per heavy atom.